The Bertz CT molecular complexity index is 219. The average Bonchev–Trinajstić information content (AvgIpc) is 2.27. The summed E-state index contributed by atoms with van der Waals surface area (Å²) in [6.07, 6.45) is 2.70. The van der Waals surface area contributed by atoms with Gasteiger partial charge in [0, 0.05) is 12.5 Å². The molecule has 3 heteroatoms. The monoisotopic (exact) mass is 196 g/mol. The van der Waals surface area contributed by atoms with Gasteiger partial charge in [0.1, 0.15) is 6.61 Å². The Balaban J connectivity index is 1.97. The third-order valence-corrected chi connectivity index (χ3v) is 3.53. The summed E-state index contributed by atoms with van der Waals surface area (Å²) in [5.41, 5.74) is 1.20. The van der Waals surface area contributed by atoms with Crippen LogP contribution in [0.3, 0.4) is 0 Å². The van der Waals surface area contributed by atoms with E-state index >= 15 is 0 Å². The van der Waals surface area contributed by atoms with Crippen LogP contribution < -0.4 is 0 Å². The fourth-order valence-electron chi connectivity index (χ4n) is 2.67. The molecule has 3 fully saturated rings. The van der Waals surface area contributed by atoms with E-state index in [2.05, 4.69) is 17.0 Å². The van der Waals surface area contributed by atoms with E-state index in [-0.39, 0.29) is 0 Å². The molecule has 0 saturated carbocycles. The van der Waals surface area contributed by atoms with E-state index in [1.54, 1.807) is 0 Å². The van der Waals surface area contributed by atoms with Crippen molar-refractivity contribution in [1.82, 2.24) is 4.90 Å². The average molecular weight is 196 g/mol. The van der Waals surface area contributed by atoms with Crippen LogP contribution in [0.5, 0.6) is 0 Å². The molecule has 3 aliphatic heterocycles. The Morgan fingerprint density at radius 1 is 1.43 bits per heavy atom. The zero-order valence-electron chi connectivity index (χ0n) is 9.20. The highest BCUT2D eigenvalue weighted by Gasteiger charge is 2.35. The highest BCUT2D eigenvalue weighted by Crippen LogP contribution is 2.33. The van der Waals surface area contributed by atoms with Crippen molar-refractivity contribution in [3.8, 4) is 0 Å². The summed E-state index contributed by atoms with van der Waals surface area (Å²) in [5, 5.41) is 4.18. The van der Waals surface area contributed by atoms with Gasteiger partial charge < -0.3 is 9.74 Å². The van der Waals surface area contributed by atoms with E-state index in [0.717, 1.165) is 5.92 Å². The van der Waals surface area contributed by atoms with Crippen LogP contribution in [-0.2, 0) is 4.84 Å². The molecule has 0 aromatic carbocycles. The number of rotatable bonds is 3. The van der Waals surface area contributed by atoms with Crippen LogP contribution in [0.25, 0.3) is 0 Å². The topological polar surface area (TPSA) is 24.8 Å². The van der Waals surface area contributed by atoms with Crippen molar-refractivity contribution in [2.75, 3.05) is 26.2 Å². The van der Waals surface area contributed by atoms with Gasteiger partial charge in [-0.25, -0.2) is 0 Å². The van der Waals surface area contributed by atoms with Crippen LogP contribution >= 0.6 is 0 Å². The predicted molar refractivity (Wildman–Crippen MR) is 57.4 cm³/mol. The summed E-state index contributed by atoms with van der Waals surface area (Å²) >= 11 is 0. The molecule has 1 unspecified atom stereocenters. The zero-order valence-corrected chi connectivity index (χ0v) is 9.20. The SMILES string of the molecule is CCON=C(C)C1CN2CCC1CC2. The van der Waals surface area contributed by atoms with Gasteiger partial charge in [-0.05, 0) is 45.7 Å². The van der Waals surface area contributed by atoms with Crippen molar-refractivity contribution in [1.29, 1.82) is 0 Å². The first-order valence-corrected chi connectivity index (χ1v) is 5.70. The third-order valence-electron chi connectivity index (χ3n) is 3.53. The molecule has 3 nitrogen and oxygen atoms in total. The van der Waals surface area contributed by atoms with Gasteiger partial charge >= 0.3 is 0 Å². The number of nitrogens with zero attached hydrogens (tertiary/aromatic N) is 2. The largest absolute Gasteiger partial charge is 0.396 e. The van der Waals surface area contributed by atoms with E-state index in [1.165, 1.54) is 38.2 Å². The lowest BCUT2D eigenvalue weighted by Crippen LogP contribution is -2.49. The minimum absolute atomic E-state index is 0.657. The molecule has 0 N–H and O–H groups in total. The molecule has 80 valence electrons. The van der Waals surface area contributed by atoms with Crippen LogP contribution in [0.2, 0.25) is 0 Å². The Labute approximate surface area is 86.1 Å². The second-order valence-electron chi connectivity index (χ2n) is 4.39. The summed E-state index contributed by atoms with van der Waals surface area (Å²) in [4.78, 5) is 7.68. The van der Waals surface area contributed by atoms with E-state index in [1.807, 2.05) is 6.92 Å². The highest BCUT2D eigenvalue weighted by molar-refractivity contribution is 5.84. The summed E-state index contributed by atoms with van der Waals surface area (Å²) in [6.45, 7) is 8.56. The van der Waals surface area contributed by atoms with Crippen molar-refractivity contribution >= 4 is 5.71 Å². The van der Waals surface area contributed by atoms with E-state index in [4.69, 9.17) is 4.84 Å². The summed E-state index contributed by atoms with van der Waals surface area (Å²) in [6, 6.07) is 0. The van der Waals surface area contributed by atoms with Crippen molar-refractivity contribution < 1.29 is 4.84 Å². The number of fused-ring (bicyclic) bond motifs is 3. The minimum atomic E-state index is 0.657. The Morgan fingerprint density at radius 2 is 2.14 bits per heavy atom. The fraction of sp³-hybridized carbons (Fsp3) is 0.909. The molecular weight excluding hydrogens is 176 g/mol. The molecule has 3 saturated heterocycles. The Morgan fingerprint density at radius 3 is 2.64 bits per heavy atom. The van der Waals surface area contributed by atoms with Crippen LogP contribution in [-0.4, -0.2) is 36.9 Å². The lowest BCUT2D eigenvalue weighted by Gasteiger charge is -2.44. The van der Waals surface area contributed by atoms with Crippen LogP contribution in [0.15, 0.2) is 5.16 Å². The van der Waals surface area contributed by atoms with Crippen molar-refractivity contribution in [2.24, 2.45) is 17.0 Å². The first-order valence-electron chi connectivity index (χ1n) is 5.70. The summed E-state index contributed by atoms with van der Waals surface area (Å²) < 4.78 is 0. The van der Waals surface area contributed by atoms with E-state index in [9.17, 15) is 0 Å². The van der Waals surface area contributed by atoms with E-state index in [0.29, 0.717) is 12.5 Å². The smallest absolute Gasteiger partial charge is 0.114 e. The van der Waals surface area contributed by atoms with Gasteiger partial charge in [-0.15, -0.1) is 0 Å². The molecule has 0 aromatic rings. The molecule has 3 rings (SSSR count). The minimum Gasteiger partial charge on any atom is -0.396 e. The first kappa shape index (κ1) is 9.97. The molecule has 2 bridgehead atoms. The first-order chi connectivity index (χ1) is 6.81. The maximum absolute atomic E-state index is 5.13. The van der Waals surface area contributed by atoms with Crippen molar-refractivity contribution in [3.05, 3.63) is 0 Å². The van der Waals surface area contributed by atoms with Gasteiger partial charge in [0.2, 0.25) is 0 Å². The number of oxime groups is 1. The molecule has 3 heterocycles. The van der Waals surface area contributed by atoms with Gasteiger partial charge in [0.05, 0.1) is 5.71 Å². The van der Waals surface area contributed by atoms with E-state index < -0.39 is 0 Å². The third kappa shape index (κ3) is 1.92. The summed E-state index contributed by atoms with van der Waals surface area (Å²) in [7, 11) is 0. The normalized spacial score (nSPS) is 37.3. The predicted octanol–water partition coefficient (Wildman–Crippen LogP) is 1.74. The number of piperidine rings is 3. The molecule has 0 amide bonds. The zero-order chi connectivity index (χ0) is 9.97. The molecule has 0 spiro atoms. The molecule has 1 atom stereocenters. The molecule has 0 radical (unpaired) electrons. The van der Waals surface area contributed by atoms with Gasteiger partial charge in [-0.3, -0.25) is 0 Å². The molecule has 3 aliphatic rings. The maximum atomic E-state index is 5.13. The van der Waals surface area contributed by atoms with Gasteiger partial charge in [0.25, 0.3) is 0 Å². The van der Waals surface area contributed by atoms with Crippen LogP contribution in [0.4, 0.5) is 0 Å². The number of hydrogen-bond acceptors (Lipinski definition) is 3. The van der Waals surface area contributed by atoms with Gasteiger partial charge in [-0.1, -0.05) is 5.16 Å². The standard InChI is InChI=1S/C11H20N2O/c1-3-14-12-9(2)11-8-13-6-4-10(11)5-7-13/h10-11H,3-8H2,1-2H3. The van der Waals surface area contributed by atoms with Gasteiger partial charge in [0.15, 0.2) is 0 Å². The Hall–Kier alpha value is -0.570. The Kier molecular flexibility index (Phi) is 3.06. The van der Waals surface area contributed by atoms with Crippen molar-refractivity contribution in [3.63, 3.8) is 0 Å². The van der Waals surface area contributed by atoms with Crippen LogP contribution in [0.1, 0.15) is 26.7 Å². The molecule has 0 aromatic heterocycles. The van der Waals surface area contributed by atoms with Gasteiger partial charge in [-0.2, -0.15) is 0 Å². The summed E-state index contributed by atoms with van der Waals surface area (Å²) in [5.74, 6) is 1.52. The second kappa shape index (κ2) is 4.30. The fourth-order valence-corrected chi connectivity index (χ4v) is 2.67. The molecule has 14 heavy (non-hydrogen) atoms. The molecule has 0 aliphatic carbocycles. The lowest BCUT2D eigenvalue weighted by atomic mass is 9.77. The number of hydrogen-bond donors (Lipinski definition) is 0. The van der Waals surface area contributed by atoms with Crippen molar-refractivity contribution in [2.45, 2.75) is 26.7 Å². The van der Waals surface area contributed by atoms with Crippen LogP contribution in [0, 0.1) is 11.8 Å². The quantitative estimate of drug-likeness (QED) is 0.507. The molecular formula is C11H20N2O. The highest BCUT2D eigenvalue weighted by atomic mass is 16.6. The lowest BCUT2D eigenvalue weighted by molar-refractivity contribution is 0.0774. The second-order valence-corrected chi connectivity index (χ2v) is 4.39. The maximum Gasteiger partial charge on any atom is 0.114 e.